The number of H-pyrrole nitrogens is 1. The van der Waals surface area contributed by atoms with Crippen molar-refractivity contribution in [1.29, 1.82) is 0 Å². The van der Waals surface area contributed by atoms with Crippen LogP contribution >= 0.6 is 0 Å². The molecule has 0 spiro atoms. The summed E-state index contributed by atoms with van der Waals surface area (Å²) < 4.78 is 0. The van der Waals surface area contributed by atoms with Gasteiger partial charge in [-0.1, -0.05) is 30.3 Å². The molecule has 0 unspecified atom stereocenters. The lowest BCUT2D eigenvalue weighted by Crippen LogP contribution is -2.36. The number of nitrogens with one attached hydrogen (secondary N) is 2. The zero-order valence-corrected chi connectivity index (χ0v) is 13.1. The van der Waals surface area contributed by atoms with Crippen LogP contribution in [0.3, 0.4) is 0 Å². The molecule has 0 aliphatic rings. The molecule has 0 bridgehead atoms. The molecule has 1 amide bonds. The van der Waals surface area contributed by atoms with E-state index >= 15 is 0 Å². The zero-order valence-electron chi connectivity index (χ0n) is 13.1. The highest BCUT2D eigenvalue weighted by Crippen LogP contribution is 2.16. The van der Waals surface area contributed by atoms with Gasteiger partial charge in [-0.2, -0.15) is 0 Å². The van der Waals surface area contributed by atoms with Gasteiger partial charge in [0, 0.05) is 12.2 Å². The van der Waals surface area contributed by atoms with Gasteiger partial charge in [0.25, 0.3) is 11.5 Å². The fourth-order valence-electron chi connectivity index (χ4n) is 2.31. The van der Waals surface area contributed by atoms with Crippen LogP contribution in [0.2, 0.25) is 0 Å². The number of aromatic amines is 1. The topological polar surface area (TPSA) is 65.2 Å². The van der Waals surface area contributed by atoms with Crippen molar-refractivity contribution in [2.45, 2.75) is 13.0 Å². The highest BCUT2D eigenvalue weighted by molar-refractivity contribution is 5.93. The first-order valence-electron chi connectivity index (χ1n) is 7.18. The second kappa shape index (κ2) is 7.04. The Kier molecular flexibility index (Phi) is 5.12. The average Bonchev–Trinajstić information content (AvgIpc) is 2.48. The van der Waals surface area contributed by atoms with Crippen molar-refractivity contribution >= 4 is 5.91 Å². The van der Waals surface area contributed by atoms with E-state index in [0.29, 0.717) is 6.54 Å². The van der Waals surface area contributed by atoms with E-state index in [0.717, 1.165) is 11.3 Å². The predicted molar refractivity (Wildman–Crippen MR) is 87.0 cm³/mol. The zero-order chi connectivity index (χ0) is 16.1. The minimum atomic E-state index is -0.362. The van der Waals surface area contributed by atoms with Crippen LogP contribution in [0.5, 0.6) is 0 Å². The number of aromatic nitrogens is 1. The highest BCUT2D eigenvalue weighted by Gasteiger charge is 2.16. The number of carbonyl (C=O) groups is 1. The Morgan fingerprint density at radius 1 is 1.18 bits per heavy atom. The first-order valence-corrected chi connectivity index (χ1v) is 7.18. The standard InChI is InChI=1S/C17H21N3O2/c1-12-9-10-14(17(22)19-12)16(21)18-11-15(20(2)3)13-7-5-4-6-8-13/h4-10,15H,11H2,1-3H3,(H,18,21)(H,19,22)/t15-/m0/s1. The number of aryl methyl sites for hydroxylation is 1. The molecular formula is C17H21N3O2. The van der Waals surface area contributed by atoms with E-state index in [1.807, 2.05) is 49.3 Å². The monoisotopic (exact) mass is 299 g/mol. The van der Waals surface area contributed by atoms with E-state index in [-0.39, 0.29) is 23.1 Å². The van der Waals surface area contributed by atoms with E-state index in [1.165, 1.54) is 0 Å². The lowest BCUT2D eigenvalue weighted by Gasteiger charge is -2.25. The molecule has 0 saturated carbocycles. The third kappa shape index (κ3) is 3.83. The van der Waals surface area contributed by atoms with Crippen LogP contribution < -0.4 is 10.9 Å². The second-order valence-electron chi connectivity index (χ2n) is 5.48. The minimum Gasteiger partial charge on any atom is -0.350 e. The molecular weight excluding hydrogens is 278 g/mol. The first kappa shape index (κ1) is 16.0. The van der Waals surface area contributed by atoms with Crippen molar-refractivity contribution in [3.8, 4) is 0 Å². The molecule has 0 saturated heterocycles. The Hall–Kier alpha value is -2.40. The molecule has 0 aliphatic heterocycles. The molecule has 5 heteroatoms. The molecule has 22 heavy (non-hydrogen) atoms. The first-order chi connectivity index (χ1) is 10.5. The number of rotatable bonds is 5. The van der Waals surface area contributed by atoms with Gasteiger partial charge in [0.1, 0.15) is 5.56 Å². The minimum absolute atomic E-state index is 0.0506. The Labute approximate surface area is 130 Å². The van der Waals surface area contributed by atoms with E-state index in [1.54, 1.807) is 19.1 Å². The summed E-state index contributed by atoms with van der Waals surface area (Å²) in [5, 5.41) is 2.84. The Bertz CT molecular complexity index is 693. The maximum atomic E-state index is 12.2. The maximum absolute atomic E-state index is 12.2. The van der Waals surface area contributed by atoms with Crippen LogP contribution in [-0.4, -0.2) is 36.4 Å². The molecule has 1 aromatic carbocycles. The van der Waals surface area contributed by atoms with Gasteiger partial charge >= 0.3 is 0 Å². The number of nitrogens with zero attached hydrogens (tertiary/aromatic N) is 1. The van der Waals surface area contributed by atoms with Gasteiger partial charge in [-0.15, -0.1) is 0 Å². The second-order valence-corrected chi connectivity index (χ2v) is 5.48. The fraction of sp³-hybridized carbons (Fsp3) is 0.294. The summed E-state index contributed by atoms with van der Waals surface area (Å²) in [5.41, 5.74) is 1.62. The average molecular weight is 299 g/mol. The van der Waals surface area contributed by atoms with Gasteiger partial charge in [-0.3, -0.25) is 9.59 Å². The molecule has 1 heterocycles. The summed E-state index contributed by atoms with van der Waals surface area (Å²) in [5.74, 6) is -0.357. The number of hydrogen-bond acceptors (Lipinski definition) is 3. The number of amides is 1. The summed E-state index contributed by atoms with van der Waals surface area (Å²) in [6.45, 7) is 2.21. The molecule has 5 nitrogen and oxygen atoms in total. The van der Waals surface area contributed by atoms with Crippen molar-refractivity contribution in [3.63, 3.8) is 0 Å². The van der Waals surface area contributed by atoms with E-state index in [2.05, 4.69) is 10.3 Å². The highest BCUT2D eigenvalue weighted by atomic mass is 16.2. The Balaban J connectivity index is 2.10. The fourth-order valence-corrected chi connectivity index (χ4v) is 2.31. The molecule has 2 aromatic rings. The third-order valence-corrected chi connectivity index (χ3v) is 3.56. The summed E-state index contributed by atoms with van der Waals surface area (Å²) >= 11 is 0. The third-order valence-electron chi connectivity index (χ3n) is 3.56. The molecule has 1 atom stereocenters. The lowest BCUT2D eigenvalue weighted by atomic mass is 10.1. The molecule has 0 fully saturated rings. The van der Waals surface area contributed by atoms with Gasteiger partial charge in [-0.25, -0.2) is 0 Å². The number of hydrogen-bond donors (Lipinski definition) is 2. The van der Waals surface area contributed by atoms with Crippen LogP contribution in [0.4, 0.5) is 0 Å². The van der Waals surface area contributed by atoms with Gasteiger partial charge in [0.2, 0.25) is 0 Å². The van der Waals surface area contributed by atoms with Crippen LogP contribution in [0.15, 0.2) is 47.3 Å². The molecule has 1 aromatic heterocycles. The predicted octanol–water partition coefficient (Wildman–Crippen LogP) is 1.72. The van der Waals surface area contributed by atoms with Crippen molar-refractivity contribution in [1.82, 2.24) is 15.2 Å². The molecule has 116 valence electrons. The van der Waals surface area contributed by atoms with E-state index < -0.39 is 0 Å². The summed E-state index contributed by atoms with van der Waals surface area (Å²) in [4.78, 5) is 28.7. The Morgan fingerprint density at radius 3 is 2.45 bits per heavy atom. The normalized spacial score (nSPS) is 12.2. The van der Waals surface area contributed by atoms with Crippen molar-refractivity contribution < 1.29 is 4.79 Å². The van der Waals surface area contributed by atoms with Crippen LogP contribution in [0.25, 0.3) is 0 Å². The van der Waals surface area contributed by atoms with E-state index in [4.69, 9.17) is 0 Å². The largest absolute Gasteiger partial charge is 0.350 e. The van der Waals surface area contributed by atoms with Crippen LogP contribution in [0.1, 0.15) is 27.7 Å². The van der Waals surface area contributed by atoms with Crippen molar-refractivity contribution in [2.24, 2.45) is 0 Å². The van der Waals surface area contributed by atoms with E-state index in [9.17, 15) is 9.59 Å². The SMILES string of the molecule is Cc1ccc(C(=O)NC[C@@H](c2ccccc2)N(C)C)c(=O)[nH]1. The quantitative estimate of drug-likeness (QED) is 0.883. The summed E-state index contributed by atoms with van der Waals surface area (Å²) in [6, 6.07) is 13.3. The molecule has 2 rings (SSSR count). The summed E-state index contributed by atoms with van der Waals surface area (Å²) in [6.07, 6.45) is 0. The molecule has 0 radical (unpaired) electrons. The van der Waals surface area contributed by atoms with Gasteiger partial charge < -0.3 is 15.2 Å². The molecule has 2 N–H and O–H groups in total. The lowest BCUT2D eigenvalue weighted by molar-refractivity contribution is 0.0940. The van der Waals surface area contributed by atoms with Gasteiger partial charge in [0.15, 0.2) is 0 Å². The van der Waals surface area contributed by atoms with Gasteiger partial charge in [0.05, 0.1) is 6.04 Å². The Morgan fingerprint density at radius 2 is 1.86 bits per heavy atom. The molecule has 0 aliphatic carbocycles. The van der Waals surface area contributed by atoms with Gasteiger partial charge in [-0.05, 0) is 38.7 Å². The number of benzene rings is 1. The number of pyridine rings is 1. The summed E-state index contributed by atoms with van der Waals surface area (Å²) in [7, 11) is 3.92. The van der Waals surface area contributed by atoms with Crippen molar-refractivity contribution in [2.75, 3.05) is 20.6 Å². The number of likely N-dealkylation sites (N-methyl/N-ethyl adjacent to an activating group) is 1. The smallest absolute Gasteiger partial charge is 0.260 e. The van der Waals surface area contributed by atoms with Crippen LogP contribution in [-0.2, 0) is 0 Å². The van der Waals surface area contributed by atoms with Crippen LogP contribution in [0, 0.1) is 6.92 Å². The van der Waals surface area contributed by atoms with Crippen molar-refractivity contribution in [3.05, 3.63) is 69.6 Å². The number of carbonyl (C=O) groups excluding carboxylic acids is 1. The maximum Gasteiger partial charge on any atom is 0.260 e.